The Morgan fingerprint density at radius 3 is 2.41 bits per heavy atom. The van der Waals surface area contributed by atoms with E-state index in [2.05, 4.69) is 18.9 Å². The zero-order valence-corrected chi connectivity index (χ0v) is 11.7. The Labute approximate surface area is 106 Å². The summed E-state index contributed by atoms with van der Waals surface area (Å²) in [6.45, 7) is 6.31. The van der Waals surface area contributed by atoms with E-state index >= 15 is 0 Å². The van der Waals surface area contributed by atoms with E-state index in [4.69, 9.17) is 0 Å². The fraction of sp³-hybridized carbons (Fsp3) is 1.00. The Hall–Kier alpha value is -0.120. The number of aliphatic hydroxyl groups is 2. The van der Waals surface area contributed by atoms with Crippen molar-refractivity contribution in [3.05, 3.63) is 0 Å². The second-order valence-electron chi connectivity index (χ2n) is 6.22. The predicted octanol–water partition coefficient (Wildman–Crippen LogP) is 1.88. The molecule has 102 valence electrons. The van der Waals surface area contributed by atoms with Crippen LogP contribution in [0.15, 0.2) is 0 Å². The molecule has 0 radical (unpaired) electrons. The first-order valence-corrected chi connectivity index (χ1v) is 6.95. The fourth-order valence-corrected chi connectivity index (χ4v) is 2.80. The van der Waals surface area contributed by atoms with E-state index in [0.717, 1.165) is 38.3 Å². The van der Waals surface area contributed by atoms with Gasteiger partial charge in [-0.25, -0.2) is 0 Å². The molecular formula is C14H29NO2. The second kappa shape index (κ2) is 6.72. The smallest absolute Gasteiger partial charge is 0.0524 e. The first kappa shape index (κ1) is 14.9. The monoisotopic (exact) mass is 243 g/mol. The molecule has 3 heteroatoms. The number of hydrogen-bond donors (Lipinski definition) is 2. The highest BCUT2D eigenvalue weighted by atomic mass is 16.3. The third-order valence-corrected chi connectivity index (χ3v) is 4.20. The van der Waals surface area contributed by atoms with Gasteiger partial charge in [0, 0.05) is 25.1 Å². The van der Waals surface area contributed by atoms with Gasteiger partial charge >= 0.3 is 0 Å². The summed E-state index contributed by atoms with van der Waals surface area (Å²) in [5, 5.41) is 19.0. The molecule has 2 N–H and O–H groups in total. The van der Waals surface area contributed by atoms with Crippen molar-refractivity contribution in [3.63, 3.8) is 0 Å². The van der Waals surface area contributed by atoms with Gasteiger partial charge in [0.05, 0.1) is 6.10 Å². The minimum Gasteiger partial charge on any atom is -0.396 e. The molecule has 0 amide bonds. The lowest BCUT2D eigenvalue weighted by molar-refractivity contribution is 0.0331. The molecule has 0 saturated heterocycles. The molecular weight excluding hydrogens is 214 g/mol. The third kappa shape index (κ3) is 4.94. The average Bonchev–Trinajstić information content (AvgIpc) is 2.30. The number of hydrogen-bond acceptors (Lipinski definition) is 3. The minimum atomic E-state index is -0.228. The molecule has 0 aromatic rings. The van der Waals surface area contributed by atoms with Gasteiger partial charge < -0.3 is 15.1 Å². The molecule has 1 saturated carbocycles. The van der Waals surface area contributed by atoms with Gasteiger partial charge in [0.15, 0.2) is 0 Å². The first-order valence-electron chi connectivity index (χ1n) is 6.95. The van der Waals surface area contributed by atoms with Crippen molar-refractivity contribution in [2.24, 2.45) is 11.3 Å². The maximum Gasteiger partial charge on any atom is 0.0524 e. The molecule has 1 rings (SSSR count). The Morgan fingerprint density at radius 1 is 1.35 bits per heavy atom. The van der Waals surface area contributed by atoms with Gasteiger partial charge in [-0.15, -0.1) is 0 Å². The normalized spacial score (nSPS) is 31.8. The van der Waals surface area contributed by atoms with Crippen molar-refractivity contribution in [2.75, 3.05) is 26.7 Å². The standard InChI is InChI=1S/C14H29NO2/c1-12-4-7-14(11-16,8-5-12)10-15(3)9-6-13(2)17/h12-13,16-17H,4-11H2,1-3H3. The Morgan fingerprint density at radius 2 is 1.94 bits per heavy atom. The van der Waals surface area contributed by atoms with Crippen molar-refractivity contribution in [2.45, 2.75) is 52.1 Å². The van der Waals surface area contributed by atoms with Crippen molar-refractivity contribution < 1.29 is 10.2 Å². The molecule has 1 aliphatic rings. The molecule has 0 aliphatic heterocycles. The summed E-state index contributed by atoms with van der Waals surface area (Å²) < 4.78 is 0. The molecule has 0 aromatic carbocycles. The summed E-state index contributed by atoms with van der Waals surface area (Å²) in [7, 11) is 2.10. The molecule has 0 heterocycles. The molecule has 1 aliphatic carbocycles. The van der Waals surface area contributed by atoms with Crippen LogP contribution in [0.1, 0.15) is 46.0 Å². The van der Waals surface area contributed by atoms with Crippen LogP contribution in [0.5, 0.6) is 0 Å². The highest BCUT2D eigenvalue weighted by molar-refractivity contribution is 4.86. The van der Waals surface area contributed by atoms with Gasteiger partial charge in [0.25, 0.3) is 0 Å². The van der Waals surface area contributed by atoms with Crippen molar-refractivity contribution in [3.8, 4) is 0 Å². The number of nitrogens with zero attached hydrogens (tertiary/aromatic N) is 1. The van der Waals surface area contributed by atoms with Gasteiger partial charge in [-0.05, 0) is 39.2 Å². The number of rotatable bonds is 6. The molecule has 17 heavy (non-hydrogen) atoms. The van der Waals surface area contributed by atoms with Gasteiger partial charge in [0.1, 0.15) is 0 Å². The van der Waals surface area contributed by atoms with E-state index < -0.39 is 0 Å². The minimum absolute atomic E-state index is 0.111. The zero-order chi connectivity index (χ0) is 12.9. The van der Waals surface area contributed by atoms with Crippen molar-refractivity contribution in [1.29, 1.82) is 0 Å². The molecule has 0 spiro atoms. The quantitative estimate of drug-likeness (QED) is 0.748. The van der Waals surface area contributed by atoms with Crippen molar-refractivity contribution in [1.82, 2.24) is 4.90 Å². The Kier molecular flexibility index (Phi) is 5.90. The van der Waals surface area contributed by atoms with E-state index in [1.165, 1.54) is 12.8 Å². The molecule has 1 atom stereocenters. The molecule has 1 fully saturated rings. The Balaban J connectivity index is 2.40. The summed E-state index contributed by atoms with van der Waals surface area (Å²) >= 11 is 0. The molecule has 0 bridgehead atoms. The summed E-state index contributed by atoms with van der Waals surface area (Å²) in [5.74, 6) is 0.817. The van der Waals surface area contributed by atoms with Crippen LogP contribution in [0.3, 0.4) is 0 Å². The van der Waals surface area contributed by atoms with Crippen LogP contribution in [0.2, 0.25) is 0 Å². The maximum absolute atomic E-state index is 9.68. The number of aliphatic hydroxyl groups excluding tert-OH is 2. The van der Waals surface area contributed by atoms with Crippen LogP contribution in [-0.2, 0) is 0 Å². The van der Waals surface area contributed by atoms with Crippen LogP contribution in [0.4, 0.5) is 0 Å². The highest BCUT2D eigenvalue weighted by Gasteiger charge is 2.34. The molecule has 3 nitrogen and oxygen atoms in total. The van der Waals surface area contributed by atoms with E-state index in [0.29, 0.717) is 6.61 Å². The lowest BCUT2D eigenvalue weighted by Gasteiger charge is -2.40. The lowest BCUT2D eigenvalue weighted by atomic mass is 9.71. The maximum atomic E-state index is 9.68. The fourth-order valence-electron chi connectivity index (χ4n) is 2.80. The van der Waals surface area contributed by atoms with E-state index in [-0.39, 0.29) is 11.5 Å². The van der Waals surface area contributed by atoms with E-state index in [1.54, 1.807) is 0 Å². The second-order valence-corrected chi connectivity index (χ2v) is 6.22. The molecule has 0 aromatic heterocycles. The van der Waals surface area contributed by atoms with Crippen LogP contribution in [-0.4, -0.2) is 48.0 Å². The SMILES string of the molecule is CC(O)CCN(C)CC1(CO)CCC(C)CC1. The summed E-state index contributed by atoms with van der Waals surface area (Å²) in [6, 6.07) is 0. The van der Waals surface area contributed by atoms with Gasteiger partial charge in [-0.1, -0.05) is 19.8 Å². The average molecular weight is 243 g/mol. The Bertz CT molecular complexity index is 210. The van der Waals surface area contributed by atoms with Crippen LogP contribution in [0, 0.1) is 11.3 Å². The van der Waals surface area contributed by atoms with Crippen LogP contribution < -0.4 is 0 Å². The predicted molar refractivity (Wildman–Crippen MR) is 70.9 cm³/mol. The van der Waals surface area contributed by atoms with Gasteiger partial charge in [-0.2, -0.15) is 0 Å². The van der Waals surface area contributed by atoms with E-state index in [9.17, 15) is 10.2 Å². The summed E-state index contributed by atoms with van der Waals surface area (Å²) in [6.07, 6.45) is 5.35. The van der Waals surface area contributed by atoms with Crippen LogP contribution in [0.25, 0.3) is 0 Å². The van der Waals surface area contributed by atoms with Crippen LogP contribution >= 0.6 is 0 Å². The largest absolute Gasteiger partial charge is 0.396 e. The van der Waals surface area contributed by atoms with E-state index in [1.807, 2.05) is 6.92 Å². The highest BCUT2D eigenvalue weighted by Crippen LogP contribution is 2.38. The first-order chi connectivity index (χ1) is 7.97. The van der Waals surface area contributed by atoms with Gasteiger partial charge in [0.2, 0.25) is 0 Å². The zero-order valence-electron chi connectivity index (χ0n) is 11.7. The topological polar surface area (TPSA) is 43.7 Å². The lowest BCUT2D eigenvalue weighted by Crippen LogP contribution is -2.41. The van der Waals surface area contributed by atoms with Crippen molar-refractivity contribution >= 4 is 0 Å². The summed E-state index contributed by atoms with van der Waals surface area (Å²) in [4.78, 5) is 2.26. The third-order valence-electron chi connectivity index (χ3n) is 4.20. The molecule has 1 unspecified atom stereocenters. The summed E-state index contributed by atoms with van der Waals surface area (Å²) in [5.41, 5.74) is 0.111. The van der Waals surface area contributed by atoms with Gasteiger partial charge in [-0.3, -0.25) is 0 Å².